The second-order valence-corrected chi connectivity index (χ2v) is 3.78. The summed E-state index contributed by atoms with van der Waals surface area (Å²) in [5, 5.41) is 2.04. The number of hydrogen-bond donors (Lipinski definition) is 1. The summed E-state index contributed by atoms with van der Waals surface area (Å²) in [6.07, 6.45) is 2.66. The maximum absolute atomic E-state index is 5.45. The molecule has 0 unspecified atom stereocenters. The van der Waals surface area contributed by atoms with Crippen LogP contribution in [0.3, 0.4) is 0 Å². The Labute approximate surface area is 101 Å². The summed E-state index contributed by atoms with van der Waals surface area (Å²) in [5.74, 6) is 1.18. The topological polar surface area (TPSA) is 59.5 Å². The van der Waals surface area contributed by atoms with Crippen LogP contribution < -0.4 is 10.2 Å². The zero-order valence-corrected chi connectivity index (χ0v) is 10.1. The predicted molar refractivity (Wildman–Crippen MR) is 63.8 cm³/mol. The summed E-state index contributed by atoms with van der Waals surface area (Å²) < 4.78 is 10.7. The van der Waals surface area contributed by atoms with Crippen LogP contribution in [0.4, 0.5) is 5.95 Å². The summed E-state index contributed by atoms with van der Waals surface area (Å²) in [7, 11) is 0. The Morgan fingerprint density at radius 1 is 1.47 bits per heavy atom. The fraction of sp³-hybridized carbons (Fsp3) is 0.636. The quantitative estimate of drug-likeness (QED) is 0.823. The fourth-order valence-electron chi connectivity index (χ4n) is 1.50. The molecular weight excluding hydrogens is 220 g/mol. The van der Waals surface area contributed by atoms with E-state index in [9.17, 15) is 0 Å². The van der Waals surface area contributed by atoms with Crippen LogP contribution in [0.25, 0.3) is 0 Å². The average molecular weight is 238 g/mol. The fourth-order valence-corrected chi connectivity index (χ4v) is 1.50. The van der Waals surface area contributed by atoms with Gasteiger partial charge in [0.05, 0.1) is 19.8 Å². The van der Waals surface area contributed by atoms with Crippen LogP contribution in [0.15, 0.2) is 12.3 Å². The second kappa shape index (κ2) is 6.36. The number of anilines is 1. The van der Waals surface area contributed by atoms with E-state index in [2.05, 4.69) is 22.3 Å². The van der Waals surface area contributed by atoms with Crippen molar-refractivity contribution >= 4 is 5.95 Å². The molecule has 1 aliphatic heterocycles. The molecule has 2 rings (SSSR count). The monoisotopic (exact) mass is 238 g/mol. The minimum atomic E-state index is 0.570. The van der Waals surface area contributed by atoms with Crippen LogP contribution in [-0.2, 0) is 4.74 Å². The van der Waals surface area contributed by atoms with Crippen LogP contribution >= 0.6 is 0 Å². The number of ether oxygens (including phenoxy) is 2. The summed E-state index contributed by atoms with van der Waals surface area (Å²) in [6.45, 7) is 5.88. The second-order valence-electron chi connectivity index (χ2n) is 3.78. The van der Waals surface area contributed by atoms with Gasteiger partial charge in [-0.25, -0.2) is 9.99 Å². The molecule has 0 saturated carbocycles. The van der Waals surface area contributed by atoms with Crippen LogP contribution in [-0.4, -0.2) is 47.9 Å². The lowest BCUT2D eigenvalue weighted by molar-refractivity contribution is 0.0492. The van der Waals surface area contributed by atoms with Gasteiger partial charge < -0.3 is 9.47 Å². The summed E-state index contributed by atoms with van der Waals surface area (Å²) >= 11 is 0. The van der Waals surface area contributed by atoms with Gasteiger partial charge in [-0.1, -0.05) is 6.92 Å². The average Bonchev–Trinajstić information content (AvgIpc) is 2.38. The number of morpholine rings is 1. The van der Waals surface area contributed by atoms with Gasteiger partial charge in [0.1, 0.15) is 0 Å². The molecule has 1 fully saturated rings. The highest BCUT2D eigenvalue weighted by Gasteiger charge is 2.11. The van der Waals surface area contributed by atoms with E-state index in [0.717, 1.165) is 32.7 Å². The Balaban J connectivity index is 1.90. The molecule has 17 heavy (non-hydrogen) atoms. The van der Waals surface area contributed by atoms with E-state index in [1.165, 1.54) is 0 Å². The summed E-state index contributed by atoms with van der Waals surface area (Å²) in [5.41, 5.74) is 3.15. The Bertz CT molecular complexity index is 342. The molecule has 6 heteroatoms. The summed E-state index contributed by atoms with van der Waals surface area (Å²) in [6, 6.07) is 1.76. The molecule has 0 bridgehead atoms. The van der Waals surface area contributed by atoms with E-state index >= 15 is 0 Å². The first-order valence-electron chi connectivity index (χ1n) is 5.93. The van der Waals surface area contributed by atoms with Gasteiger partial charge in [0.15, 0.2) is 0 Å². The van der Waals surface area contributed by atoms with Gasteiger partial charge in [0.25, 0.3) is 0 Å². The van der Waals surface area contributed by atoms with Gasteiger partial charge in [-0.3, -0.25) is 5.43 Å². The number of nitrogens with zero attached hydrogens (tertiary/aromatic N) is 3. The highest BCUT2D eigenvalue weighted by atomic mass is 16.5. The Morgan fingerprint density at radius 3 is 3.06 bits per heavy atom. The number of rotatable bonds is 5. The molecule has 94 valence electrons. The molecule has 0 radical (unpaired) electrons. The molecule has 0 aromatic carbocycles. The standard InChI is InChI=1S/C11H18N4O2/c1-2-7-17-10-3-4-12-11(13-10)14-15-5-8-16-9-6-15/h3-4H,2,5-9H2,1H3,(H,12,13,14). The third kappa shape index (κ3) is 3.83. The molecule has 1 aliphatic rings. The number of aromatic nitrogens is 2. The van der Waals surface area contributed by atoms with Crippen molar-refractivity contribution in [3.05, 3.63) is 12.3 Å². The van der Waals surface area contributed by atoms with Crippen molar-refractivity contribution in [2.75, 3.05) is 38.3 Å². The molecule has 1 saturated heterocycles. The normalized spacial score (nSPS) is 16.8. The van der Waals surface area contributed by atoms with Crippen molar-refractivity contribution in [2.45, 2.75) is 13.3 Å². The van der Waals surface area contributed by atoms with Crippen LogP contribution in [0, 0.1) is 0 Å². The van der Waals surface area contributed by atoms with E-state index in [0.29, 0.717) is 18.4 Å². The Hall–Kier alpha value is -1.40. The lowest BCUT2D eigenvalue weighted by Crippen LogP contribution is -2.40. The zero-order chi connectivity index (χ0) is 11.9. The van der Waals surface area contributed by atoms with Crippen molar-refractivity contribution in [1.29, 1.82) is 0 Å². The lowest BCUT2D eigenvalue weighted by Gasteiger charge is -2.26. The SMILES string of the molecule is CCCOc1ccnc(NN2CCOCC2)n1. The first-order chi connectivity index (χ1) is 8.38. The molecule has 0 spiro atoms. The van der Waals surface area contributed by atoms with E-state index in [-0.39, 0.29) is 0 Å². The zero-order valence-electron chi connectivity index (χ0n) is 10.1. The van der Waals surface area contributed by atoms with Gasteiger partial charge in [0.2, 0.25) is 11.8 Å². The lowest BCUT2D eigenvalue weighted by atomic mass is 10.5. The van der Waals surface area contributed by atoms with E-state index in [1.54, 1.807) is 12.3 Å². The molecule has 1 aromatic rings. The Morgan fingerprint density at radius 2 is 2.29 bits per heavy atom. The molecule has 0 aliphatic carbocycles. The minimum absolute atomic E-state index is 0.570. The van der Waals surface area contributed by atoms with Gasteiger partial charge in [-0.05, 0) is 6.42 Å². The maximum atomic E-state index is 5.45. The first kappa shape index (κ1) is 12.1. The maximum Gasteiger partial charge on any atom is 0.240 e. The van der Waals surface area contributed by atoms with Gasteiger partial charge in [-0.2, -0.15) is 4.98 Å². The van der Waals surface area contributed by atoms with E-state index < -0.39 is 0 Å². The van der Waals surface area contributed by atoms with Crippen molar-refractivity contribution in [3.63, 3.8) is 0 Å². The smallest absolute Gasteiger partial charge is 0.240 e. The minimum Gasteiger partial charge on any atom is -0.478 e. The molecular formula is C11H18N4O2. The molecule has 2 heterocycles. The van der Waals surface area contributed by atoms with Crippen molar-refractivity contribution in [3.8, 4) is 5.88 Å². The van der Waals surface area contributed by atoms with Gasteiger partial charge in [0, 0.05) is 25.4 Å². The Kier molecular flexibility index (Phi) is 4.52. The highest BCUT2D eigenvalue weighted by Crippen LogP contribution is 2.09. The first-order valence-corrected chi connectivity index (χ1v) is 5.93. The van der Waals surface area contributed by atoms with Gasteiger partial charge >= 0.3 is 0 Å². The van der Waals surface area contributed by atoms with Gasteiger partial charge in [-0.15, -0.1) is 0 Å². The third-order valence-corrected chi connectivity index (χ3v) is 2.35. The van der Waals surface area contributed by atoms with E-state index in [1.807, 2.05) is 5.01 Å². The molecule has 0 atom stereocenters. The molecule has 1 aromatic heterocycles. The third-order valence-electron chi connectivity index (χ3n) is 2.35. The van der Waals surface area contributed by atoms with Crippen LogP contribution in [0.1, 0.15) is 13.3 Å². The predicted octanol–water partition coefficient (Wildman–Crippen LogP) is 0.924. The highest BCUT2D eigenvalue weighted by molar-refractivity contribution is 5.26. The summed E-state index contributed by atoms with van der Waals surface area (Å²) in [4.78, 5) is 8.43. The number of hydrazine groups is 1. The van der Waals surface area contributed by atoms with Crippen LogP contribution in [0.5, 0.6) is 5.88 Å². The number of nitrogens with one attached hydrogen (secondary N) is 1. The van der Waals surface area contributed by atoms with Crippen LogP contribution in [0.2, 0.25) is 0 Å². The van der Waals surface area contributed by atoms with Crippen molar-refractivity contribution in [1.82, 2.24) is 15.0 Å². The van der Waals surface area contributed by atoms with E-state index in [4.69, 9.17) is 9.47 Å². The van der Waals surface area contributed by atoms with Crippen molar-refractivity contribution < 1.29 is 9.47 Å². The largest absolute Gasteiger partial charge is 0.478 e. The van der Waals surface area contributed by atoms with Crippen molar-refractivity contribution in [2.24, 2.45) is 0 Å². The number of hydrogen-bond acceptors (Lipinski definition) is 6. The molecule has 1 N–H and O–H groups in total. The molecule has 0 amide bonds. The molecule has 6 nitrogen and oxygen atoms in total.